The van der Waals surface area contributed by atoms with Crippen molar-refractivity contribution >= 4 is 17.0 Å². The summed E-state index contributed by atoms with van der Waals surface area (Å²) < 4.78 is 0. The molecule has 9 heavy (non-hydrogen) atoms. The Morgan fingerprint density at radius 1 is 1.44 bits per heavy atom. The second kappa shape index (κ2) is 6.48. The first kappa shape index (κ1) is 12.1. The molecule has 0 saturated heterocycles. The van der Waals surface area contributed by atoms with Crippen LogP contribution >= 0.6 is 17.0 Å². The van der Waals surface area contributed by atoms with E-state index in [0.29, 0.717) is 6.54 Å². The minimum atomic E-state index is -1.19. The minimum absolute atomic E-state index is 0. The Balaban J connectivity index is 0. The highest BCUT2D eigenvalue weighted by Gasteiger charge is 1.99. The summed E-state index contributed by atoms with van der Waals surface area (Å²) in [5, 5.41) is 16.7. The van der Waals surface area contributed by atoms with E-state index in [0.717, 1.165) is 6.54 Å². The van der Waals surface area contributed by atoms with Crippen LogP contribution in [0.15, 0.2) is 0 Å². The Labute approximate surface area is 66.1 Å². The molecule has 2 N–H and O–H groups in total. The van der Waals surface area contributed by atoms with Crippen LogP contribution in [0.3, 0.4) is 0 Å². The summed E-state index contributed by atoms with van der Waals surface area (Å²) in [6.45, 7) is 3.14. The monoisotopic (exact) mass is 199 g/mol. The molecular weight excluding hydrogens is 186 g/mol. The summed E-state index contributed by atoms with van der Waals surface area (Å²) in [5.41, 5.74) is 0. The Morgan fingerprint density at radius 3 is 2.00 bits per heavy atom. The minimum Gasteiger partial charge on any atom is -0.367 e. The standard InChI is InChI=1S/C5H13NO2.BrH/c1-3-6(2)4-5(7)8;/h5,7-8H,3-4H2,1-2H3;1H. The predicted molar refractivity (Wildman–Crippen MR) is 41.7 cm³/mol. The van der Waals surface area contributed by atoms with Gasteiger partial charge in [0, 0.05) is 6.54 Å². The van der Waals surface area contributed by atoms with Crippen molar-refractivity contribution in [2.24, 2.45) is 0 Å². The van der Waals surface area contributed by atoms with Crippen molar-refractivity contribution in [1.82, 2.24) is 4.90 Å². The van der Waals surface area contributed by atoms with Crippen molar-refractivity contribution < 1.29 is 10.2 Å². The first-order chi connectivity index (χ1) is 3.66. The lowest BCUT2D eigenvalue weighted by Crippen LogP contribution is -2.28. The van der Waals surface area contributed by atoms with E-state index >= 15 is 0 Å². The molecule has 3 nitrogen and oxygen atoms in total. The van der Waals surface area contributed by atoms with Crippen LogP contribution in [0.4, 0.5) is 0 Å². The number of aliphatic hydroxyl groups is 2. The average Bonchev–Trinajstić information content (AvgIpc) is 1.65. The van der Waals surface area contributed by atoms with Gasteiger partial charge in [-0.2, -0.15) is 0 Å². The fraction of sp³-hybridized carbons (Fsp3) is 1.00. The molecule has 0 aromatic heterocycles. The van der Waals surface area contributed by atoms with Crippen LogP contribution in [-0.2, 0) is 0 Å². The molecule has 0 amide bonds. The van der Waals surface area contributed by atoms with Crippen molar-refractivity contribution in [2.75, 3.05) is 20.1 Å². The number of hydrogen-bond acceptors (Lipinski definition) is 3. The molecule has 0 aliphatic carbocycles. The molecule has 4 heteroatoms. The summed E-state index contributed by atoms with van der Waals surface area (Å²) in [4.78, 5) is 1.82. The molecule has 58 valence electrons. The molecule has 0 spiro atoms. The highest BCUT2D eigenvalue weighted by Crippen LogP contribution is 1.82. The lowest BCUT2D eigenvalue weighted by molar-refractivity contribution is -0.0565. The summed E-state index contributed by atoms with van der Waals surface area (Å²) >= 11 is 0. The van der Waals surface area contributed by atoms with Gasteiger partial charge in [0.25, 0.3) is 0 Å². The number of aliphatic hydroxyl groups excluding tert-OH is 1. The Bertz CT molecular complexity index is 60.9. The van der Waals surface area contributed by atoms with E-state index in [-0.39, 0.29) is 17.0 Å². The van der Waals surface area contributed by atoms with E-state index in [4.69, 9.17) is 10.2 Å². The van der Waals surface area contributed by atoms with Crippen molar-refractivity contribution in [1.29, 1.82) is 0 Å². The third kappa shape index (κ3) is 8.36. The third-order valence-corrected chi connectivity index (χ3v) is 1.01. The van der Waals surface area contributed by atoms with E-state index in [2.05, 4.69) is 0 Å². The smallest absolute Gasteiger partial charge is 0.164 e. The molecule has 0 aliphatic rings. The van der Waals surface area contributed by atoms with Gasteiger partial charge in [0.05, 0.1) is 0 Å². The fourth-order valence-corrected chi connectivity index (χ4v) is 0.408. The van der Waals surface area contributed by atoms with Gasteiger partial charge >= 0.3 is 0 Å². The molecule has 0 aromatic carbocycles. The molecule has 0 unspecified atom stereocenters. The van der Waals surface area contributed by atoms with Crippen LogP contribution in [0.25, 0.3) is 0 Å². The van der Waals surface area contributed by atoms with Crippen LogP contribution < -0.4 is 0 Å². The average molecular weight is 200 g/mol. The van der Waals surface area contributed by atoms with Crippen LogP contribution in [0.5, 0.6) is 0 Å². The van der Waals surface area contributed by atoms with Crippen molar-refractivity contribution in [3.05, 3.63) is 0 Å². The maximum Gasteiger partial charge on any atom is 0.164 e. The van der Waals surface area contributed by atoms with Crippen molar-refractivity contribution in [3.8, 4) is 0 Å². The van der Waals surface area contributed by atoms with Gasteiger partial charge in [0.1, 0.15) is 0 Å². The van der Waals surface area contributed by atoms with Crippen LogP contribution in [0.2, 0.25) is 0 Å². The van der Waals surface area contributed by atoms with Gasteiger partial charge in [-0.3, -0.25) is 0 Å². The Hall–Kier alpha value is 0.360. The maximum absolute atomic E-state index is 8.37. The molecule has 0 radical (unpaired) electrons. The van der Waals surface area contributed by atoms with E-state index in [1.54, 1.807) is 0 Å². The van der Waals surface area contributed by atoms with Gasteiger partial charge in [0.15, 0.2) is 6.29 Å². The van der Waals surface area contributed by atoms with Gasteiger partial charge < -0.3 is 15.1 Å². The highest BCUT2D eigenvalue weighted by molar-refractivity contribution is 8.93. The summed E-state index contributed by atoms with van der Waals surface area (Å²) in [7, 11) is 1.83. The third-order valence-electron chi connectivity index (χ3n) is 1.01. The number of halogens is 1. The number of nitrogens with zero attached hydrogens (tertiary/aromatic N) is 1. The molecule has 0 aliphatic heterocycles. The zero-order valence-electron chi connectivity index (χ0n) is 5.74. The molecule has 0 fully saturated rings. The molecule has 0 bridgehead atoms. The second-order valence-electron chi connectivity index (χ2n) is 1.84. The normalized spacial score (nSPS) is 10.0. The summed E-state index contributed by atoms with van der Waals surface area (Å²) in [5.74, 6) is 0. The van der Waals surface area contributed by atoms with Crippen LogP contribution in [0.1, 0.15) is 6.92 Å². The lowest BCUT2D eigenvalue weighted by Gasteiger charge is -2.13. The van der Waals surface area contributed by atoms with Gasteiger partial charge in [0.2, 0.25) is 0 Å². The lowest BCUT2D eigenvalue weighted by atomic mass is 10.5. The van der Waals surface area contributed by atoms with Gasteiger partial charge in [-0.05, 0) is 13.6 Å². The first-order valence-electron chi connectivity index (χ1n) is 2.71. The van der Waals surface area contributed by atoms with Gasteiger partial charge in [-0.25, -0.2) is 0 Å². The summed E-state index contributed by atoms with van der Waals surface area (Å²) in [6.07, 6.45) is -1.19. The zero-order chi connectivity index (χ0) is 6.57. The SMILES string of the molecule is Br.CCN(C)CC(O)O. The summed E-state index contributed by atoms with van der Waals surface area (Å²) in [6, 6.07) is 0. The number of rotatable bonds is 3. The second-order valence-corrected chi connectivity index (χ2v) is 1.84. The Morgan fingerprint density at radius 2 is 1.89 bits per heavy atom. The topological polar surface area (TPSA) is 43.7 Å². The van der Waals surface area contributed by atoms with Crippen LogP contribution in [0, 0.1) is 0 Å². The van der Waals surface area contributed by atoms with E-state index < -0.39 is 6.29 Å². The number of likely N-dealkylation sites (N-methyl/N-ethyl adjacent to an activating group) is 1. The van der Waals surface area contributed by atoms with Gasteiger partial charge in [-0.15, -0.1) is 17.0 Å². The molecule has 0 rings (SSSR count). The Kier molecular flexibility index (Phi) is 8.69. The van der Waals surface area contributed by atoms with E-state index in [1.165, 1.54) is 0 Å². The van der Waals surface area contributed by atoms with Crippen LogP contribution in [-0.4, -0.2) is 41.5 Å². The molecular formula is C5H14BrNO2. The molecule has 0 atom stereocenters. The molecule has 0 saturated carbocycles. The number of hydrogen-bond donors (Lipinski definition) is 2. The van der Waals surface area contributed by atoms with Crippen molar-refractivity contribution in [3.63, 3.8) is 0 Å². The quantitative estimate of drug-likeness (QED) is 0.621. The zero-order valence-corrected chi connectivity index (χ0v) is 7.45. The van der Waals surface area contributed by atoms with Crippen molar-refractivity contribution in [2.45, 2.75) is 13.2 Å². The van der Waals surface area contributed by atoms with E-state index in [9.17, 15) is 0 Å². The molecule has 0 heterocycles. The highest BCUT2D eigenvalue weighted by atomic mass is 79.9. The predicted octanol–water partition coefficient (Wildman–Crippen LogP) is -0.173. The molecule has 0 aromatic rings. The maximum atomic E-state index is 8.37. The van der Waals surface area contributed by atoms with E-state index in [1.807, 2.05) is 18.9 Å². The fourth-order valence-electron chi connectivity index (χ4n) is 0.408. The first-order valence-corrected chi connectivity index (χ1v) is 2.71. The largest absolute Gasteiger partial charge is 0.367 e. The van der Waals surface area contributed by atoms with Gasteiger partial charge in [-0.1, -0.05) is 6.92 Å².